The number of hydrogen-bond acceptors (Lipinski definition) is 4. The zero-order chi connectivity index (χ0) is 29.4. The predicted octanol–water partition coefficient (Wildman–Crippen LogP) is 5.39. The van der Waals surface area contributed by atoms with Crippen LogP contribution in [0.1, 0.15) is 50.3 Å². The second-order valence-corrected chi connectivity index (χ2v) is 12.8. The summed E-state index contributed by atoms with van der Waals surface area (Å²) in [5.41, 5.74) is 2.95. The standard InChI is InChI=1S/C31H38ClN3O4S/c1-22(2)25-15-17-27(18-16-25)35(40(5,38)39)21-30(36)34(20-26-13-9-10-14-28(26)32)29(31(37)33-23(3)4)19-24-11-7-6-8-12-24/h6-18,22-23,29H,19-21H2,1-5H3,(H,33,37)/t29-/m0/s1. The maximum absolute atomic E-state index is 14.1. The van der Waals surface area contributed by atoms with E-state index in [9.17, 15) is 18.0 Å². The highest BCUT2D eigenvalue weighted by atomic mass is 35.5. The predicted molar refractivity (Wildman–Crippen MR) is 162 cm³/mol. The van der Waals surface area contributed by atoms with Crippen molar-refractivity contribution in [1.29, 1.82) is 0 Å². The summed E-state index contributed by atoms with van der Waals surface area (Å²) in [5.74, 6) is -0.573. The van der Waals surface area contributed by atoms with Crippen LogP contribution in [0.25, 0.3) is 0 Å². The summed E-state index contributed by atoms with van der Waals surface area (Å²) in [6, 6.07) is 22.6. The van der Waals surface area contributed by atoms with E-state index in [1.807, 2.05) is 62.4 Å². The van der Waals surface area contributed by atoms with Crippen LogP contribution in [0.15, 0.2) is 78.9 Å². The van der Waals surface area contributed by atoms with Crippen LogP contribution >= 0.6 is 11.6 Å². The number of anilines is 1. The maximum atomic E-state index is 14.1. The van der Waals surface area contributed by atoms with E-state index in [1.54, 1.807) is 30.3 Å². The minimum absolute atomic E-state index is 0.0331. The van der Waals surface area contributed by atoms with Crippen molar-refractivity contribution in [3.05, 3.63) is 101 Å². The SMILES string of the molecule is CC(C)NC(=O)[C@H](Cc1ccccc1)N(Cc1ccccc1Cl)C(=O)CN(c1ccc(C(C)C)cc1)S(C)(=O)=O. The Kier molecular flexibility index (Phi) is 10.8. The Morgan fingerprint density at radius 2 is 1.48 bits per heavy atom. The highest BCUT2D eigenvalue weighted by molar-refractivity contribution is 7.92. The van der Waals surface area contributed by atoms with Gasteiger partial charge in [-0.2, -0.15) is 0 Å². The van der Waals surface area contributed by atoms with Crippen LogP contribution in [0.4, 0.5) is 5.69 Å². The molecule has 3 rings (SSSR count). The third kappa shape index (κ3) is 8.57. The van der Waals surface area contributed by atoms with Crippen molar-refractivity contribution < 1.29 is 18.0 Å². The molecule has 0 radical (unpaired) electrons. The molecule has 3 aromatic rings. The monoisotopic (exact) mass is 583 g/mol. The van der Waals surface area contributed by atoms with Crippen LogP contribution in [0.2, 0.25) is 5.02 Å². The summed E-state index contributed by atoms with van der Waals surface area (Å²) in [4.78, 5) is 29.1. The van der Waals surface area contributed by atoms with Gasteiger partial charge >= 0.3 is 0 Å². The van der Waals surface area contributed by atoms with Gasteiger partial charge in [-0.25, -0.2) is 8.42 Å². The first-order chi connectivity index (χ1) is 18.9. The molecule has 40 heavy (non-hydrogen) atoms. The highest BCUT2D eigenvalue weighted by Gasteiger charge is 2.33. The molecule has 0 spiro atoms. The number of hydrogen-bond donors (Lipinski definition) is 1. The van der Waals surface area contributed by atoms with Gasteiger partial charge in [-0.05, 0) is 54.7 Å². The van der Waals surface area contributed by atoms with Gasteiger partial charge in [0, 0.05) is 24.0 Å². The summed E-state index contributed by atoms with van der Waals surface area (Å²) in [7, 11) is -3.83. The fourth-order valence-corrected chi connectivity index (χ4v) is 5.43. The van der Waals surface area contributed by atoms with E-state index < -0.39 is 28.5 Å². The largest absolute Gasteiger partial charge is 0.352 e. The summed E-state index contributed by atoms with van der Waals surface area (Å²) in [6.07, 6.45) is 1.32. The van der Waals surface area contributed by atoms with E-state index >= 15 is 0 Å². The lowest BCUT2D eigenvalue weighted by Crippen LogP contribution is -2.54. The molecule has 7 nitrogen and oxygen atoms in total. The zero-order valence-corrected chi connectivity index (χ0v) is 25.2. The molecule has 0 aromatic heterocycles. The molecule has 0 bridgehead atoms. The lowest BCUT2D eigenvalue weighted by Gasteiger charge is -2.34. The number of nitrogens with zero attached hydrogens (tertiary/aromatic N) is 2. The lowest BCUT2D eigenvalue weighted by atomic mass is 10.0. The van der Waals surface area contributed by atoms with Crippen molar-refractivity contribution in [3.8, 4) is 0 Å². The van der Waals surface area contributed by atoms with Crippen LogP contribution in [0.5, 0.6) is 0 Å². The Balaban J connectivity index is 2.05. The van der Waals surface area contributed by atoms with Crippen molar-refractivity contribution in [2.24, 2.45) is 0 Å². The zero-order valence-electron chi connectivity index (χ0n) is 23.7. The third-order valence-electron chi connectivity index (χ3n) is 6.53. The van der Waals surface area contributed by atoms with Gasteiger partial charge in [0.25, 0.3) is 0 Å². The Labute approximate surface area is 243 Å². The summed E-state index contributed by atoms with van der Waals surface area (Å²) in [6.45, 7) is 7.37. The average Bonchev–Trinajstić information content (AvgIpc) is 2.89. The number of halogens is 1. The van der Waals surface area contributed by atoms with Gasteiger partial charge in [0.2, 0.25) is 21.8 Å². The molecule has 214 valence electrons. The number of carbonyl (C=O) groups is 2. The van der Waals surface area contributed by atoms with Gasteiger partial charge in [-0.15, -0.1) is 0 Å². The van der Waals surface area contributed by atoms with Crippen LogP contribution in [0, 0.1) is 0 Å². The van der Waals surface area contributed by atoms with Crippen molar-refractivity contribution in [1.82, 2.24) is 10.2 Å². The molecule has 0 unspecified atom stereocenters. The lowest BCUT2D eigenvalue weighted by molar-refractivity contribution is -0.140. The number of sulfonamides is 1. The molecule has 0 aliphatic heterocycles. The Morgan fingerprint density at radius 1 is 0.875 bits per heavy atom. The molecule has 3 aromatic carbocycles. The smallest absolute Gasteiger partial charge is 0.244 e. The molecule has 0 aliphatic rings. The molecule has 0 saturated carbocycles. The first-order valence-corrected chi connectivity index (χ1v) is 15.5. The number of nitrogens with one attached hydrogen (secondary N) is 1. The molecule has 9 heteroatoms. The van der Waals surface area contributed by atoms with E-state index in [2.05, 4.69) is 19.2 Å². The van der Waals surface area contributed by atoms with Gasteiger partial charge in [-0.3, -0.25) is 13.9 Å². The van der Waals surface area contributed by atoms with Gasteiger partial charge in [0.15, 0.2) is 0 Å². The second kappa shape index (κ2) is 13.8. The van der Waals surface area contributed by atoms with E-state index in [4.69, 9.17) is 11.6 Å². The van der Waals surface area contributed by atoms with Gasteiger partial charge in [0.1, 0.15) is 12.6 Å². The number of benzene rings is 3. The minimum Gasteiger partial charge on any atom is -0.352 e. The molecule has 0 heterocycles. The molecule has 2 amide bonds. The summed E-state index contributed by atoms with van der Waals surface area (Å²) < 4.78 is 26.9. The van der Waals surface area contributed by atoms with E-state index in [0.29, 0.717) is 16.3 Å². The van der Waals surface area contributed by atoms with Crippen molar-refractivity contribution in [2.75, 3.05) is 17.1 Å². The normalized spacial score (nSPS) is 12.3. The van der Waals surface area contributed by atoms with Crippen LogP contribution in [-0.4, -0.2) is 50.0 Å². The summed E-state index contributed by atoms with van der Waals surface area (Å²) in [5, 5.41) is 3.38. The number of carbonyl (C=O) groups excluding carboxylic acids is 2. The quantitative estimate of drug-likeness (QED) is 0.309. The molecular formula is C31H38ClN3O4S. The van der Waals surface area contributed by atoms with Crippen molar-refractivity contribution in [3.63, 3.8) is 0 Å². The summed E-state index contributed by atoms with van der Waals surface area (Å²) >= 11 is 6.47. The fourth-order valence-electron chi connectivity index (χ4n) is 4.38. The van der Waals surface area contributed by atoms with Gasteiger partial charge in [0.05, 0.1) is 11.9 Å². The van der Waals surface area contributed by atoms with Gasteiger partial charge in [-0.1, -0.05) is 86.1 Å². The van der Waals surface area contributed by atoms with E-state index in [0.717, 1.165) is 21.7 Å². The topological polar surface area (TPSA) is 86.8 Å². The number of amides is 2. The Morgan fingerprint density at radius 3 is 2.02 bits per heavy atom. The first kappa shape index (κ1) is 31.2. The maximum Gasteiger partial charge on any atom is 0.244 e. The molecule has 1 N–H and O–H groups in total. The average molecular weight is 584 g/mol. The van der Waals surface area contributed by atoms with Crippen molar-refractivity contribution >= 4 is 39.1 Å². The van der Waals surface area contributed by atoms with Crippen molar-refractivity contribution in [2.45, 2.75) is 58.7 Å². The van der Waals surface area contributed by atoms with Crippen LogP contribution in [0.3, 0.4) is 0 Å². The molecule has 1 atom stereocenters. The first-order valence-electron chi connectivity index (χ1n) is 13.3. The van der Waals surface area contributed by atoms with E-state index in [1.165, 1.54) is 4.90 Å². The van der Waals surface area contributed by atoms with Gasteiger partial charge < -0.3 is 10.2 Å². The molecule has 0 aliphatic carbocycles. The Hall–Kier alpha value is -3.36. The fraction of sp³-hybridized carbons (Fsp3) is 0.355. The van der Waals surface area contributed by atoms with Crippen LogP contribution < -0.4 is 9.62 Å². The molecule has 0 fully saturated rings. The Bertz CT molecular complexity index is 1390. The third-order valence-corrected chi connectivity index (χ3v) is 8.04. The molecular weight excluding hydrogens is 546 g/mol. The molecule has 0 saturated heterocycles. The van der Waals surface area contributed by atoms with Crippen LogP contribution in [-0.2, 0) is 32.6 Å². The highest BCUT2D eigenvalue weighted by Crippen LogP contribution is 2.24. The second-order valence-electron chi connectivity index (χ2n) is 10.5. The minimum atomic E-state index is -3.83. The van der Waals surface area contributed by atoms with E-state index in [-0.39, 0.29) is 30.8 Å². The number of rotatable bonds is 12.